The van der Waals surface area contributed by atoms with Crippen LogP contribution < -0.4 is 0 Å². The Bertz CT molecular complexity index is 680. The first-order chi connectivity index (χ1) is 10.3. The van der Waals surface area contributed by atoms with E-state index >= 15 is 0 Å². The first-order valence-corrected chi connectivity index (χ1v) is 6.54. The van der Waals surface area contributed by atoms with Crippen molar-refractivity contribution in [3.8, 4) is 0 Å². The fraction of sp³-hybridized carbons (Fsp3) is 0.357. The van der Waals surface area contributed by atoms with E-state index in [9.17, 15) is 18.0 Å². The first kappa shape index (κ1) is 16.0. The lowest BCUT2D eigenvalue weighted by Gasteiger charge is -2.08. The number of esters is 1. The Hall–Kier alpha value is -2.38. The number of hydrogen-bond donors (Lipinski definition) is 0. The normalized spacial score (nSPS) is 11.5. The average molecular weight is 313 g/mol. The van der Waals surface area contributed by atoms with E-state index in [1.807, 2.05) is 0 Å². The van der Waals surface area contributed by atoms with Crippen molar-refractivity contribution in [2.45, 2.75) is 19.5 Å². The minimum absolute atomic E-state index is 0.0174. The minimum atomic E-state index is -4.40. The van der Waals surface area contributed by atoms with Crippen LogP contribution in [0, 0.1) is 0 Å². The van der Waals surface area contributed by atoms with Gasteiger partial charge in [-0.05, 0) is 18.6 Å². The van der Waals surface area contributed by atoms with E-state index in [1.54, 1.807) is 20.0 Å². The fourth-order valence-electron chi connectivity index (χ4n) is 1.93. The van der Waals surface area contributed by atoms with Crippen LogP contribution in [-0.4, -0.2) is 27.3 Å². The third-order valence-electron chi connectivity index (χ3n) is 3.04. The van der Waals surface area contributed by atoms with Gasteiger partial charge in [0, 0.05) is 13.5 Å². The highest BCUT2D eigenvalue weighted by Crippen LogP contribution is 2.29. The van der Waals surface area contributed by atoms with Gasteiger partial charge in [0.1, 0.15) is 5.82 Å². The van der Waals surface area contributed by atoms with Crippen LogP contribution >= 0.6 is 0 Å². The quantitative estimate of drug-likeness (QED) is 0.814. The first-order valence-electron chi connectivity index (χ1n) is 6.54. The summed E-state index contributed by atoms with van der Waals surface area (Å²) in [5.41, 5.74) is -0.293. The molecule has 0 amide bonds. The second-order valence-corrected chi connectivity index (χ2v) is 4.59. The van der Waals surface area contributed by atoms with Crippen molar-refractivity contribution in [1.82, 2.24) is 14.8 Å². The molecule has 1 aromatic heterocycles. The van der Waals surface area contributed by atoms with Gasteiger partial charge < -0.3 is 9.30 Å². The molecule has 0 atom stereocenters. The summed E-state index contributed by atoms with van der Waals surface area (Å²) < 4.78 is 44.3. The van der Waals surface area contributed by atoms with Gasteiger partial charge in [0.2, 0.25) is 5.82 Å². The lowest BCUT2D eigenvalue weighted by molar-refractivity contribution is -0.137. The topological polar surface area (TPSA) is 57.0 Å². The molecule has 22 heavy (non-hydrogen) atoms. The molecule has 118 valence electrons. The van der Waals surface area contributed by atoms with Gasteiger partial charge in [0.05, 0.1) is 12.2 Å². The highest BCUT2D eigenvalue weighted by atomic mass is 19.4. The molecule has 5 nitrogen and oxygen atoms in total. The maximum Gasteiger partial charge on any atom is 0.416 e. The highest BCUT2D eigenvalue weighted by molar-refractivity contribution is 5.85. The zero-order valence-electron chi connectivity index (χ0n) is 12.0. The second-order valence-electron chi connectivity index (χ2n) is 4.59. The molecule has 8 heteroatoms. The van der Waals surface area contributed by atoms with Crippen LogP contribution in [0.1, 0.15) is 34.5 Å². The molecule has 0 radical (unpaired) electrons. The summed E-state index contributed by atoms with van der Waals surface area (Å²) in [5, 5.41) is 7.55. The Morgan fingerprint density at radius 2 is 2.05 bits per heavy atom. The molecule has 0 bridgehead atoms. The van der Waals surface area contributed by atoms with E-state index in [0.717, 1.165) is 12.1 Å². The van der Waals surface area contributed by atoms with Crippen molar-refractivity contribution >= 4 is 5.97 Å². The van der Waals surface area contributed by atoms with Crippen LogP contribution in [-0.2, 0) is 24.4 Å². The fourth-order valence-corrected chi connectivity index (χ4v) is 1.93. The van der Waals surface area contributed by atoms with E-state index in [2.05, 4.69) is 10.2 Å². The summed E-state index contributed by atoms with van der Waals surface area (Å²) in [6, 6.07) is 4.96. The molecule has 1 heterocycles. The van der Waals surface area contributed by atoms with Crippen molar-refractivity contribution in [1.29, 1.82) is 0 Å². The predicted molar refractivity (Wildman–Crippen MR) is 71.2 cm³/mol. The van der Waals surface area contributed by atoms with Gasteiger partial charge in [-0.2, -0.15) is 13.2 Å². The van der Waals surface area contributed by atoms with E-state index in [-0.39, 0.29) is 18.9 Å². The molecular formula is C14H14F3N3O2. The number of halogens is 3. The second kappa shape index (κ2) is 6.17. The molecule has 0 N–H and O–H groups in total. The van der Waals surface area contributed by atoms with Crippen LogP contribution in [0.25, 0.3) is 0 Å². The number of ether oxygens (including phenoxy) is 1. The lowest BCUT2D eigenvalue weighted by Crippen LogP contribution is -2.12. The Balaban J connectivity index is 2.23. The van der Waals surface area contributed by atoms with Gasteiger partial charge in [-0.3, -0.25) is 0 Å². The van der Waals surface area contributed by atoms with Crippen LogP contribution in [0.15, 0.2) is 24.3 Å². The Morgan fingerprint density at radius 3 is 2.68 bits per heavy atom. The van der Waals surface area contributed by atoms with Gasteiger partial charge in [0.25, 0.3) is 0 Å². The summed E-state index contributed by atoms with van der Waals surface area (Å²) in [5.74, 6) is -0.223. The number of rotatable bonds is 4. The zero-order valence-corrected chi connectivity index (χ0v) is 12.0. The van der Waals surface area contributed by atoms with Gasteiger partial charge in [-0.1, -0.05) is 18.2 Å². The van der Waals surface area contributed by atoms with Crippen LogP contribution in [0.4, 0.5) is 13.2 Å². The molecule has 2 rings (SSSR count). The summed E-state index contributed by atoms with van der Waals surface area (Å²) in [4.78, 5) is 11.6. The Labute approximate surface area is 124 Å². The SMILES string of the molecule is CCOC(=O)c1nnc(Cc2cccc(C(F)(F)F)c2)n1C. The van der Waals surface area contributed by atoms with Crippen molar-refractivity contribution in [2.75, 3.05) is 6.61 Å². The maximum absolute atomic E-state index is 12.7. The number of benzene rings is 1. The highest BCUT2D eigenvalue weighted by Gasteiger charge is 2.30. The summed E-state index contributed by atoms with van der Waals surface area (Å²) in [7, 11) is 1.56. The molecule has 0 unspecified atom stereocenters. The van der Waals surface area contributed by atoms with Gasteiger partial charge in [-0.15, -0.1) is 10.2 Å². The van der Waals surface area contributed by atoms with Crippen molar-refractivity contribution in [3.05, 3.63) is 47.0 Å². The summed E-state index contributed by atoms with van der Waals surface area (Å²) in [6.45, 7) is 1.87. The molecule has 0 aliphatic heterocycles. The molecule has 0 aliphatic rings. The van der Waals surface area contributed by atoms with Crippen LogP contribution in [0.3, 0.4) is 0 Å². The molecule has 0 saturated carbocycles. The molecule has 0 spiro atoms. The van der Waals surface area contributed by atoms with Gasteiger partial charge >= 0.3 is 12.1 Å². The molecular weight excluding hydrogens is 299 g/mol. The van der Waals surface area contributed by atoms with E-state index in [1.165, 1.54) is 10.6 Å². The Morgan fingerprint density at radius 1 is 1.32 bits per heavy atom. The third-order valence-corrected chi connectivity index (χ3v) is 3.04. The number of hydrogen-bond acceptors (Lipinski definition) is 4. The largest absolute Gasteiger partial charge is 0.460 e. The molecule has 0 saturated heterocycles. The van der Waals surface area contributed by atoms with Crippen molar-refractivity contribution in [3.63, 3.8) is 0 Å². The van der Waals surface area contributed by atoms with E-state index < -0.39 is 17.7 Å². The van der Waals surface area contributed by atoms with Gasteiger partial charge in [0.15, 0.2) is 0 Å². The molecule has 0 fully saturated rings. The van der Waals surface area contributed by atoms with Crippen LogP contribution in [0.5, 0.6) is 0 Å². The van der Waals surface area contributed by atoms with E-state index in [4.69, 9.17) is 4.74 Å². The van der Waals surface area contributed by atoms with Crippen LogP contribution in [0.2, 0.25) is 0 Å². The standard InChI is InChI=1S/C14H14F3N3O2/c1-3-22-13(21)12-19-18-11(20(12)2)8-9-5-4-6-10(7-9)14(15,16)17/h4-7H,3,8H2,1-2H3. The number of alkyl halides is 3. The monoisotopic (exact) mass is 313 g/mol. The smallest absolute Gasteiger partial charge is 0.416 e. The average Bonchev–Trinajstić information content (AvgIpc) is 2.80. The number of carbonyl (C=O) groups excluding carboxylic acids is 1. The zero-order chi connectivity index (χ0) is 16.3. The number of carbonyl (C=O) groups is 1. The number of nitrogens with zero attached hydrogens (tertiary/aromatic N) is 3. The van der Waals surface area contributed by atoms with Crippen molar-refractivity contribution in [2.24, 2.45) is 7.05 Å². The Kier molecular flexibility index (Phi) is 4.48. The third kappa shape index (κ3) is 3.44. The van der Waals surface area contributed by atoms with E-state index in [0.29, 0.717) is 11.4 Å². The maximum atomic E-state index is 12.7. The molecule has 2 aromatic rings. The lowest BCUT2D eigenvalue weighted by atomic mass is 10.1. The summed E-state index contributed by atoms with van der Waals surface area (Å²) >= 11 is 0. The minimum Gasteiger partial charge on any atom is -0.460 e. The molecule has 1 aromatic carbocycles. The van der Waals surface area contributed by atoms with Crippen molar-refractivity contribution < 1.29 is 22.7 Å². The number of aromatic nitrogens is 3. The molecule has 0 aliphatic carbocycles. The van der Waals surface area contributed by atoms with Gasteiger partial charge in [-0.25, -0.2) is 4.79 Å². The predicted octanol–water partition coefficient (Wildman–Crippen LogP) is 2.60. The summed E-state index contributed by atoms with van der Waals surface area (Å²) in [6.07, 6.45) is -4.27.